The van der Waals surface area contributed by atoms with Crippen LogP contribution >= 0.6 is 27.5 Å². The Bertz CT molecular complexity index is 1450. The molecule has 0 spiro atoms. The summed E-state index contributed by atoms with van der Waals surface area (Å²) in [6.07, 6.45) is 2.11. The van der Waals surface area contributed by atoms with E-state index in [1.165, 1.54) is 4.68 Å². The number of hydrogen-bond donors (Lipinski definition) is 0. The molecule has 0 aliphatic heterocycles. The van der Waals surface area contributed by atoms with Crippen LogP contribution in [0.5, 0.6) is 11.5 Å². The number of nitrogens with zero attached hydrogens (tertiary/aromatic N) is 3. The van der Waals surface area contributed by atoms with Crippen molar-refractivity contribution in [1.29, 1.82) is 0 Å². The van der Waals surface area contributed by atoms with Crippen molar-refractivity contribution >= 4 is 44.6 Å². The SMILES string of the molecule is CCc1nc2ccc(Br)cc2c(=O)n1N=Cc1cc(Cl)c(OCc2cccc(C)c2)c(OC)c1. The van der Waals surface area contributed by atoms with Crippen LogP contribution in [0.25, 0.3) is 10.9 Å². The maximum Gasteiger partial charge on any atom is 0.282 e. The van der Waals surface area contributed by atoms with E-state index >= 15 is 0 Å². The van der Waals surface area contributed by atoms with Crippen molar-refractivity contribution in [3.63, 3.8) is 0 Å². The van der Waals surface area contributed by atoms with Crippen LogP contribution in [0, 0.1) is 6.92 Å². The van der Waals surface area contributed by atoms with Crippen molar-refractivity contribution in [2.45, 2.75) is 26.9 Å². The van der Waals surface area contributed by atoms with Gasteiger partial charge in [0.15, 0.2) is 11.5 Å². The summed E-state index contributed by atoms with van der Waals surface area (Å²) < 4.78 is 13.6. The van der Waals surface area contributed by atoms with Gasteiger partial charge in [-0.25, -0.2) is 4.98 Å². The number of rotatable bonds is 7. The van der Waals surface area contributed by atoms with Crippen LogP contribution in [0.4, 0.5) is 0 Å². The second-order valence-electron chi connectivity index (χ2n) is 7.72. The molecule has 0 amide bonds. The molecule has 174 valence electrons. The maximum absolute atomic E-state index is 13.1. The topological polar surface area (TPSA) is 65.7 Å². The Balaban J connectivity index is 1.66. The Labute approximate surface area is 210 Å². The number of hydrogen-bond acceptors (Lipinski definition) is 5. The van der Waals surface area contributed by atoms with Crippen LogP contribution in [-0.4, -0.2) is 23.0 Å². The minimum absolute atomic E-state index is 0.240. The van der Waals surface area contributed by atoms with E-state index in [1.54, 1.807) is 31.5 Å². The number of methoxy groups -OCH3 is 1. The predicted octanol–water partition coefficient (Wildman–Crippen LogP) is 6.15. The van der Waals surface area contributed by atoms with Crippen molar-refractivity contribution in [2.24, 2.45) is 5.10 Å². The van der Waals surface area contributed by atoms with E-state index in [0.29, 0.717) is 51.8 Å². The van der Waals surface area contributed by atoms with Crippen molar-refractivity contribution < 1.29 is 9.47 Å². The van der Waals surface area contributed by atoms with Gasteiger partial charge in [0.1, 0.15) is 12.4 Å². The van der Waals surface area contributed by atoms with Gasteiger partial charge >= 0.3 is 0 Å². The van der Waals surface area contributed by atoms with Gasteiger partial charge in [-0.1, -0.05) is 64.3 Å². The molecule has 34 heavy (non-hydrogen) atoms. The van der Waals surface area contributed by atoms with E-state index in [0.717, 1.165) is 15.6 Å². The first-order chi connectivity index (χ1) is 16.4. The molecule has 0 atom stereocenters. The molecule has 4 aromatic rings. The monoisotopic (exact) mass is 539 g/mol. The predicted molar refractivity (Wildman–Crippen MR) is 140 cm³/mol. The maximum atomic E-state index is 13.1. The normalized spacial score (nSPS) is 11.3. The third-order valence-corrected chi connectivity index (χ3v) is 6.01. The largest absolute Gasteiger partial charge is 0.493 e. The van der Waals surface area contributed by atoms with Crippen LogP contribution in [0.15, 0.2) is 69.0 Å². The molecule has 0 aliphatic rings. The van der Waals surface area contributed by atoms with Crippen LogP contribution in [0.2, 0.25) is 5.02 Å². The van der Waals surface area contributed by atoms with Gasteiger partial charge in [0.05, 0.1) is 29.2 Å². The van der Waals surface area contributed by atoms with Gasteiger partial charge in [0.2, 0.25) is 0 Å². The van der Waals surface area contributed by atoms with E-state index in [9.17, 15) is 4.79 Å². The molecule has 0 bridgehead atoms. The van der Waals surface area contributed by atoms with Crippen molar-refractivity contribution in [3.8, 4) is 11.5 Å². The summed E-state index contributed by atoms with van der Waals surface area (Å²) in [5.74, 6) is 1.49. The molecular weight excluding hydrogens is 518 g/mol. The summed E-state index contributed by atoms with van der Waals surface area (Å²) in [6, 6.07) is 17.0. The lowest BCUT2D eigenvalue weighted by molar-refractivity contribution is 0.284. The second-order valence-corrected chi connectivity index (χ2v) is 9.04. The first-order valence-corrected chi connectivity index (χ1v) is 11.9. The molecule has 8 heteroatoms. The standard InChI is InChI=1S/C26H23BrClN3O3/c1-4-24-30-22-9-8-19(27)13-20(22)26(32)31(24)29-14-18-11-21(28)25(23(12-18)33-3)34-15-17-7-5-6-16(2)10-17/h5-14H,4,15H2,1-3H3. The zero-order chi connectivity index (χ0) is 24.2. The van der Waals surface area contributed by atoms with E-state index in [-0.39, 0.29) is 5.56 Å². The minimum atomic E-state index is -0.240. The number of fused-ring (bicyclic) bond motifs is 1. The molecule has 0 N–H and O–H groups in total. The first-order valence-electron chi connectivity index (χ1n) is 10.7. The van der Waals surface area contributed by atoms with Crippen molar-refractivity contribution in [2.75, 3.05) is 7.11 Å². The molecule has 3 aromatic carbocycles. The zero-order valence-corrected chi connectivity index (χ0v) is 21.4. The second kappa shape index (κ2) is 10.4. The average Bonchev–Trinajstić information content (AvgIpc) is 2.82. The molecule has 0 saturated heterocycles. The third kappa shape index (κ3) is 5.16. The average molecular weight is 541 g/mol. The molecule has 0 saturated carbocycles. The van der Waals surface area contributed by atoms with E-state index in [2.05, 4.69) is 32.1 Å². The molecule has 0 unspecified atom stereocenters. The Morgan fingerprint density at radius 2 is 2.00 bits per heavy atom. The van der Waals surface area contributed by atoms with Crippen LogP contribution in [0.3, 0.4) is 0 Å². The smallest absolute Gasteiger partial charge is 0.282 e. The summed E-state index contributed by atoms with van der Waals surface area (Å²) >= 11 is 9.93. The van der Waals surface area contributed by atoms with Crippen molar-refractivity contribution in [1.82, 2.24) is 9.66 Å². The summed E-state index contributed by atoms with van der Waals surface area (Å²) in [7, 11) is 1.55. The number of ether oxygens (including phenoxy) is 2. The highest BCUT2D eigenvalue weighted by Crippen LogP contribution is 2.36. The third-order valence-electron chi connectivity index (χ3n) is 5.23. The molecule has 0 radical (unpaired) electrons. The lowest BCUT2D eigenvalue weighted by atomic mass is 10.1. The Hall–Kier alpha value is -3.16. The lowest BCUT2D eigenvalue weighted by Crippen LogP contribution is -2.22. The Kier molecular flexibility index (Phi) is 7.34. The van der Waals surface area contributed by atoms with Gasteiger partial charge in [-0.3, -0.25) is 4.79 Å². The Morgan fingerprint density at radius 1 is 1.18 bits per heavy atom. The van der Waals surface area contributed by atoms with Gasteiger partial charge in [-0.15, -0.1) is 0 Å². The quantitative estimate of drug-likeness (QED) is 0.264. The van der Waals surface area contributed by atoms with Gasteiger partial charge in [0.25, 0.3) is 5.56 Å². The summed E-state index contributed by atoms with van der Waals surface area (Å²) in [4.78, 5) is 17.7. The highest BCUT2D eigenvalue weighted by atomic mass is 79.9. The van der Waals surface area contributed by atoms with E-state index < -0.39 is 0 Å². The van der Waals surface area contributed by atoms with Crippen molar-refractivity contribution in [3.05, 3.63) is 97.0 Å². The number of aryl methyl sites for hydroxylation is 2. The van der Waals surface area contributed by atoms with Crippen LogP contribution < -0.4 is 15.0 Å². The molecule has 0 aliphatic carbocycles. The fourth-order valence-electron chi connectivity index (χ4n) is 3.58. The van der Waals surface area contributed by atoms with Gasteiger partial charge in [-0.2, -0.15) is 9.78 Å². The molecule has 1 heterocycles. The van der Waals surface area contributed by atoms with Gasteiger partial charge < -0.3 is 9.47 Å². The summed E-state index contributed by atoms with van der Waals surface area (Å²) in [5, 5.41) is 5.29. The molecule has 6 nitrogen and oxygen atoms in total. The molecular formula is C26H23BrClN3O3. The zero-order valence-electron chi connectivity index (χ0n) is 19.0. The van der Waals surface area contributed by atoms with E-state index in [1.807, 2.05) is 44.2 Å². The van der Waals surface area contributed by atoms with Gasteiger partial charge in [-0.05, 0) is 48.4 Å². The fourth-order valence-corrected chi connectivity index (χ4v) is 4.21. The Morgan fingerprint density at radius 3 is 2.74 bits per heavy atom. The van der Waals surface area contributed by atoms with Crippen LogP contribution in [-0.2, 0) is 13.0 Å². The van der Waals surface area contributed by atoms with E-state index in [4.69, 9.17) is 21.1 Å². The first kappa shape index (κ1) is 24.0. The molecule has 1 aromatic heterocycles. The molecule has 4 rings (SSSR count). The van der Waals surface area contributed by atoms with Crippen LogP contribution in [0.1, 0.15) is 29.4 Å². The lowest BCUT2D eigenvalue weighted by Gasteiger charge is -2.14. The minimum Gasteiger partial charge on any atom is -0.493 e. The number of halogens is 2. The van der Waals surface area contributed by atoms with Gasteiger partial charge in [0, 0.05) is 10.9 Å². The highest BCUT2D eigenvalue weighted by molar-refractivity contribution is 9.10. The summed E-state index contributed by atoms with van der Waals surface area (Å²) in [6.45, 7) is 4.32. The number of aromatic nitrogens is 2. The summed E-state index contributed by atoms with van der Waals surface area (Å²) in [5.41, 5.74) is 3.24. The highest BCUT2D eigenvalue weighted by Gasteiger charge is 2.13. The molecule has 0 fully saturated rings. The number of benzene rings is 3. The fraction of sp³-hybridized carbons (Fsp3) is 0.192.